The maximum absolute atomic E-state index is 13.9. The molecular weight excluding hydrogens is 436 g/mol. The quantitative estimate of drug-likeness (QED) is 0.650. The lowest BCUT2D eigenvalue weighted by atomic mass is 9.98. The first kappa shape index (κ1) is 24.4. The number of methoxy groups -OCH3 is 2. The largest absolute Gasteiger partial charge is 0.491 e. The van der Waals surface area contributed by atoms with E-state index in [0.717, 1.165) is 6.07 Å². The number of rotatable bonds is 8. The second-order valence-corrected chi connectivity index (χ2v) is 7.76. The first-order valence-corrected chi connectivity index (χ1v) is 10.6. The van der Waals surface area contributed by atoms with E-state index in [0.29, 0.717) is 25.6 Å². The summed E-state index contributed by atoms with van der Waals surface area (Å²) < 4.78 is 39.2. The van der Waals surface area contributed by atoms with Gasteiger partial charge < -0.3 is 24.3 Å². The molecule has 1 aliphatic rings. The number of pyridine rings is 1. The highest BCUT2D eigenvalue weighted by molar-refractivity contribution is 5.99. The summed E-state index contributed by atoms with van der Waals surface area (Å²) in [6, 6.07) is 2.51. The third-order valence-corrected chi connectivity index (χ3v) is 5.92. The van der Waals surface area contributed by atoms with E-state index in [-0.39, 0.29) is 47.1 Å². The highest BCUT2D eigenvalue weighted by atomic mass is 19.1. The molecule has 2 amide bonds. The molecule has 178 valence electrons. The van der Waals surface area contributed by atoms with Gasteiger partial charge in [-0.1, -0.05) is 6.07 Å². The van der Waals surface area contributed by atoms with Crippen LogP contribution in [-0.2, 0) is 11.3 Å². The van der Waals surface area contributed by atoms with Gasteiger partial charge in [0.2, 0.25) is 5.43 Å². The van der Waals surface area contributed by atoms with Gasteiger partial charge in [-0.2, -0.15) is 0 Å². The Morgan fingerprint density at radius 2 is 1.94 bits per heavy atom. The van der Waals surface area contributed by atoms with Gasteiger partial charge in [0, 0.05) is 44.6 Å². The van der Waals surface area contributed by atoms with Crippen LogP contribution in [0.2, 0.25) is 0 Å². The molecule has 0 bridgehead atoms. The topological polar surface area (TPSA) is 89.9 Å². The zero-order chi connectivity index (χ0) is 24.3. The van der Waals surface area contributed by atoms with Crippen molar-refractivity contribution in [1.82, 2.24) is 14.8 Å². The van der Waals surface area contributed by atoms with Crippen LogP contribution in [0.3, 0.4) is 0 Å². The van der Waals surface area contributed by atoms with Crippen molar-refractivity contribution in [1.29, 1.82) is 0 Å². The molecule has 2 atom stereocenters. The Labute approximate surface area is 190 Å². The fraction of sp³-hybridized carbons (Fsp3) is 0.435. The number of carbonyl (C=O) groups is 2. The van der Waals surface area contributed by atoms with Crippen molar-refractivity contribution < 1.29 is 27.8 Å². The average molecular weight is 463 g/mol. The molecule has 0 saturated heterocycles. The summed E-state index contributed by atoms with van der Waals surface area (Å²) in [7, 11) is 2.83. The SMILES string of the molecule is CCN1C(=O)c2c(OC)c(=O)c(C(=O)NCc3ccc(F)cc3F)cn2[C@@H](CCOC)[C@H]1C. The summed E-state index contributed by atoms with van der Waals surface area (Å²) >= 11 is 0. The Balaban J connectivity index is 2.03. The Morgan fingerprint density at radius 1 is 1.21 bits per heavy atom. The Bertz CT molecular complexity index is 1120. The molecule has 0 aliphatic carbocycles. The van der Waals surface area contributed by atoms with E-state index >= 15 is 0 Å². The molecule has 0 fully saturated rings. The zero-order valence-electron chi connectivity index (χ0n) is 19.0. The number of hydrogen-bond donors (Lipinski definition) is 1. The van der Waals surface area contributed by atoms with E-state index in [9.17, 15) is 23.2 Å². The summed E-state index contributed by atoms with van der Waals surface area (Å²) in [5.74, 6) is -2.90. The third kappa shape index (κ3) is 4.61. The maximum Gasteiger partial charge on any atom is 0.274 e. The second-order valence-electron chi connectivity index (χ2n) is 7.76. The van der Waals surface area contributed by atoms with Gasteiger partial charge in [-0.25, -0.2) is 8.78 Å². The minimum atomic E-state index is -0.811. The molecule has 1 aromatic carbocycles. The number of likely N-dealkylation sites (N-methyl/N-ethyl adjacent to an activating group) is 1. The van der Waals surface area contributed by atoms with E-state index in [2.05, 4.69) is 5.32 Å². The lowest BCUT2D eigenvalue weighted by molar-refractivity contribution is 0.0507. The third-order valence-electron chi connectivity index (χ3n) is 5.92. The van der Waals surface area contributed by atoms with Gasteiger partial charge in [0.05, 0.1) is 19.2 Å². The van der Waals surface area contributed by atoms with Gasteiger partial charge >= 0.3 is 0 Å². The fourth-order valence-electron chi connectivity index (χ4n) is 4.18. The summed E-state index contributed by atoms with van der Waals surface area (Å²) in [6.45, 7) is 4.33. The van der Waals surface area contributed by atoms with Crippen LogP contribution >= 0.6 is 0 Å². The van der Waals surface area contributed by atoms with E-state index in [4.69, 9.17) is 9.47 Å². The van der Waals surface area contributed by atoms with Gasteiger partial charge in [-0.3, -0.25) is 14.4 Å². The molecular formula is C23H27F2N3O5. The normalized spacial score (nSPS) is 17.6. The van der Waals surface area contributed by atoms with Crippen molar-refractivity contribution >= 4 is 11.8 Å². The first-order chi connectivity index (χ1) is 15.7. The number of nitrogens with zero attached hydrogens (tertiary/aromatic N) is 2. The number of halogens is 2. The van der Waals surface area contributed by atoms with Crippen LogP contribution in [0.1, 0.15) is 52.7 Å². The number of nitrogens with one attached hydrogen (secondary N) is 1. The molecule has 8 nitrogen and oxygen atoms in total. The van der Waals surface area contributed by atoms with Crippen molar-refractivity contribution in [2.24, 2.45) is 0 Å². The highest BCUT2D eigenvalue weighted by Crippen LogP contribution is 2.33. The molecule has 1 aromatic heterocycles. The smallest absolute Gasteiger partial charge is 0.274 e. The van der Waals surface area contributed by atoms with Crippen molar-refractivity contribution in [2.75, 3.05) is 27.4 Å². The van der Waals surface area contributed by atoms with Crippen molar-refractivity contribution in [3.63, 3.8) is 0 Å². The number of carbonyl (C=O) groups excluding carboxylic acids is 2. The van der Waals surface area contributed by atoms with E-state index in [1.54, 1.807) is 16.6 Å². The Kier molecular flexibility index (Phi) is 7.47. The van der Waals surface area contributed by atoms with E-state index in [1.165, 1.54) is 19.4 Å². The van der Waals surface area contributed by atoms with E-state index < -0.39 is 23.0 Å². The molecule has 2 aromatic rings. The standard InChI is InChI=1S/C23H27F2N3O5/c1-5-27-13(2)18(8-9-32-3)28-12-16(20(29)21(33-4)19(28)23(27)31)22(30)26-11-14-6-7-15(24)10-17(14)25/h6-7,10,12-13,18H,5,8-9,11H2,1-4H3,(H,26,30)/t13-,18+/m1/s1. The van der Waals surface area contributed by atoms with Crippen LogP contribution < -0.4 is 15.5 Å². The van der Waals surface area contributed by atoms with Crippen LogP contribution in [0.5, 0.6) is 5.75 Å². The lowest BCUT2D eigenvalue weighted by Gasteiger charge is -2.41. The minimum Gasteiger partial charge on any atom is -0.491 e. The van der Waals surface area contributed by atoms with Crippen molar-refractivity contribution in [2.45, 2.75) is 38.9 Å². The lowest BCUT2D eigenvalue weighted by Crippen LogP contribution is -2.51. The summed E-state index contributed by atoms with van der Waals surface area (Å²) in [6.07, 6.45) is 1.88. The Morgan fingerprint density at radius 3 is 2.55 bits per heavy atom. The predicted octanol–water partition coefficient (Wildman–Crippen LogP) is 2.51. The van der Waals surface area contributed by atoms with Crippen LogP contribution in [-0.4, -0.2) is 54.7 Å². The average Bonchev–Trinajstić information content (AvgIpc) is 2.78. The van der Waals surface area contributed by atoms with Crippen LogP contribution in [0.25, 0.3) is 0 Å². The van der Waals surface area contributed by atoms with E-state index in [1.807, 2.05) is 13.8 Å². The molecule has 0 spiro atoms. The molecule has 33 heavy (non-hydrogen) atoms. The van der Waals surface area contributed by atoms with Crippen LogP contribution in [0.15, 0.2) is 29.2 Å². The number of benzene rings is 1. The number of aromatic nitrogens is 1. The summed E-state index contributed by atoms with van der Waals surface area (Å²) in [4.78, 5) is 40.7. The number of fused-ring (bicyclic) bond motifs is 1. The monoisotopic (exact) mass is 463 g/mol. The Hall–Kier alpha value is -3.27. The molecule has 10 heteroatoms. The molecule has 0 radical (unpaired) electrons. The van der Waals surface area contributed by atoms with Crippen molar-refractivity contribution in [3.8, 4) is 5.75 Å². The first-order valence-electron chi connectivity index (χ1n) is 10.6. The number of hydrogen-bond acceptors (Lipinski definition) is 5. The maximum atomic E-state index is 13.9. The number of amides is 2. The molecule has 3 rings (SSSR count). The highest BCUT2D eigenvalue weighted by Gasteiger charge is 2.39. The summed E-state index contributed by atoms with van der Waals surface area (Å²) in [5.41, 5.74) is -0.851. The van der Waals surface area contributed by atoms with Gasteiger partial charge in [0.1, 0.15) is 17.2 Å². The molecule has 2 heterocycles. The number of ether oxygens (including phenoxy) is 2. The van der Waals surface area contributed by atoms with Gasteiger partial charge in [0.15, 0.2) is 11.4 Å². The second kappa shape index (κ2) is 10.1. The molecule has 1 N–H and O–H groups in total. The fourth-order valence-corrected chi connectivity index (χ4v) is 4.18. The molecule has 0 saturated carbocycles. The van der Waals surface area contributed by atoms with Crippen LogP contribution in [0, 0.1) is 11.6 Å². The van der Waals surface area contributed by atoms with Gasteiger partial charge in [-0.05, 0) is 26.3 Å². The minimum absolute atomic E-state index is 0.0649. The van der Waals surface area contributed by atoms with Crippen molar-refractivity contribution in [3.05, 3.63) is 63.1 Å². The molecule has 1 aliphatic heterocycles. The summed E-state index contributed by atoms with van der Waals surface area (Å²) in [5, 5.41) is 2.48. The van der Waals surface area contributed by atoms with Gasteiger partial charge in [0.25, 0.3) is 11.8 Å². The molecule has 0 unspecified atom stereocenters. The predicted molar refractivity (Wildman–Crippen MR) is 116 cm³/mol. The zero-order valence-corrected chi connectivity index (χ0v) is 19.0. The van der Waals surface area contributed by atoms with Gasteiger partial charge in [-0.15, -0.1) is 0 Å². The van der Waals surface area contributed by atoms with Crippen LogP contribution in [0.4, 0.5) is 8.78 Å².